The molecule has 9 aromatic rings. The summed E-state index contributed by atoms with van der Waals surface area (Å²) in [5.74, 6) is 1.83. The van der Waals surface area contributed by atoms with Gasteiger partial charge in [0.1, 0.15) is 22.7 Å². The Morgan fingerprint density at radius 2 is 1.15 bits per heavy atom. The minimum Gasteiger partial charge on any atom is -0.457 e. The molecule has 1 aliphatic carbocycles. The van der Waals surface area contributed by atoms with E-state index in [1.807, 2.05) is 0 Å². The number of nitrogens with zero attached hydrogens (tertiary/aromatic N) is 2. The van der Waals surface area contributed by atoms with Crippen molar-refractivity contribution in [2.75, 3.05) is 9.71 Å². The lowest BCUT2D eigenvalue weighted by atomic mass is 9.42. The van der Waals surface area contributed by atoms with E-state index in [9.17, 15) is 0 Å². The first-order valence-corrected chi connectivity index (χ1v) is 26.6. The molecule has 13 rings (SSSR count). The van der Waals surface area contributed by atoms with E-state index < -0.39 is 0 Å². The second kappa shape index (κ2) is 15.3. The highest BCUT2D eigenvalue weighted by Gasteiger charge is 2.49. The Morgan fingerprint density at radius 3 is 1.89 bits per heavy atom. The van der Waals surface area contributed by atoms with Gasteiger partial charge >= 0.3 is 6.85 Å². The molecule has 0 unspecified atom stereocenters. The van der Waals surface area contributed by atoms with Crippen LogP contribution in [0.2, 0.25) is 0 Å². The number of aryl methyl sites for hydroxylation is 1. The number of ether oxygens (including phenoxy) is 1. The van der Waals surface area contributed by atoms with Crippen molar-refractivity contribution < 1.29 is 9.15 Å². The third kappa shape index (κ3) is 6.79. The van der Waals surface area contributed by atoms with Crippen LogP contribution in [0.5, 0.6) is 11.5 Å². The van der Waals surface area contributed by atoms with E-state index in [2.05, 4.69) is 245 Å². The van der Waals surface area contributed by atoms with Crippen LogP contribution in [0.4, 0.5) is 28.4 Å². The Kier molecular flexibility index (Phi) is 9.61. The molecule has 4 aliphatic rings. The van der Waals surface area contributed by atoms with E-state index in [1.54, 1.807) is 0 Å². The molecule has 0 spiro atoms. The Balaban J connectivity index is 1.21. The summed E-state index contributed by atoms with van der Waals surface area (Å²) in [6.07, 6.45) is 2.30. The van der Waals surface area contributed by atoms with E-state index in [-0.39, 0.29) is 33.9 Å². The molecule has 0 saturated carbocycles. The van der Waals surface area contributed by atoms with Crippen LogP contribution in [0.1, 0.15) is 135 Å². The highest BCUT2D eigenvalue weighted by Crippen LogP contribution is 2.56. The van der Waals surface area contributed by atoms with Gasteiger partial charge in [-0.15, -0.1) is 0 Å². The Labute approximate surface area is 433 Å². The fraction of sp³-hybridized carbons (Fsp3) is 0.294. The number of hydrogen-bond acceptors (Lipinski definition) is 4. The summed E-state index contributed by atoms with van der Waals surface area (Å²) >= 11 is 0. The standard InChI is InChI=1S/C68H67BN2O2/c1-40-31-50-51(67(10,11)30-29-66(50,8)9)37-55(40)70-57-39-62-52(68(12,13)49-24-18-20-26-60(49)73-62)36-53(57)69-63-48(33-43(34-58(63)70)65(5,6)7)46-35-47-44-23-17-19-25-59(44)72-61(47)38-56(46)71(69)54-28-27-42(64(2,3)4)32-45(54)41-21-15-14-16-22-41/h14-28,31-39H,29-30H2,1-13H3. The van der Waals surface area contributed by atoms with Crippen molar-refractivity contribution in [3.05, 3.63) is 185 Å². The van der Waals surface area contributed by atoms with Crippen LogP contribution in [-0.2, 0) is 27.1 Å². The second-order valence-electron chi connectivity index (χ2n) is 25.7. The first-order valence-electron chi connectivity index (χ1n) is 26.6. The van der Waals surface area contributed by atoms with E-state index in [0.29, 0.717) is 0 Å². The molecule has 4 nitrogen and oxygen atoms in total. The maximum absolute atomic E-state index is 7.13. The van der Waals surface area contributed by atoms with Crippen molar-refractivity contribution in [1.29, 1.82) is 0 Å². The number of benzene rings is 8. The van der Waals surface area contributed by atoms with E-state index >= 15 is 0 Å². The fourth-order valence-electron chi connectivity index (χ4n) is 13.1. The van der Waals surface area contributed by atoms with Crippen molar-refractivity contribution in [3.8, 4) is 33.8 Å². The van der Waals surface area contributed by atoms with Crippen molar-refractivity contribution >= 4 is 68.1 Å². The number of rotatable bonds is 3. The predicted octanol–water partition coefficient (Wildman–Crippen LogP) is 17.6. The monoisotopic (exact) mass is 955 g/mol. The van der Waals surface area contributed by atoms with Gasteiger partial charge in [0.2, 0.25) is 0 Å². The number of hydrogen-bond donors (Lipinski definition) is 0. The lowest BCUT2D eigenvalue weighted by Crippen LogP contribution is -2.62. The zero-order chi connectivity index (χ0) is 50.9. The van der Waals surface area contributed by atoms with Crippen LogP contribution in [0.3, 0.4) is 0 Å². The maximum Gasteiger partial charge on any atom is 0.333 e. The molecule has 4 heterocycles. The smallest absolute Gasteiger partial charge is 0.333 e. The minimum atomic E-state index is -0.345. The number of para-hydroxylation sites is 2. The van der Waals surface area contributed by atoms with Gasteiger partial charge < -0.3 is 18.9 Å². The van der Waals surface area contributed by atoms with Crippen molar-refractivity contribution in [3.63, 3.8) is 0 Å². The van der Waals surface area contributed by atoms with E-state index in [1.165, 1.54) is 83.5 Å². The number of anilines is 5. The SMILES string of the molecule is Cc1cc2c(cc1N1c3cc4c(cc3B3c5c(cc(C(C)(C)C)cc51)-c1cc5c(cc1N3c1ccc(C(C)(C)C)cc1-c1ccccc1)oc1ccccc15)C(C)(C)c1ccccc1O4)C(C)(C)CCC2(C)C. The van der Waals surface area contributed by atoms with Crippen LogP contribution >= 0.6 is 0 Å². The molecule has 0 atom stereocenters. The van der Waals surface area contributed by atoms with Gasteiger partial charge in [0, 0.05) is 79.0 Å². The fourth-order valence-corrected chi connectivity index (χ4v) is 13.1. The lowest BCUT2D eigenvalue weighted by Gasteiger charge is -2.48. The quantitative estimate of drug-likeness (QED) is 0.165. The highest BCUT2D eigenvalue weighted by atomic mass is 16.5. The molecule has 364 valence electrons. The summed E-state index contributed by atoms with van der Waals surface area (Å²) in [5, 5.41) is 2.26. The third-order valence-corrected chi connectivity index (χ3v) is 17.6. The van der Waals surface area contributed by atoms with Crippen LogP contribution in [0.15, 0.2) is 150 Å². The normalized spacial score (nSPS) is 16.8. The zero-order valence-electron chi connectivity index (χ0n) is 45.1. The minimum absolute atomic E-state index is 0.00930. The maximum atomic E-state index is 7.13. The van der Waals surface area contributed by atoms with Gasteiger partial charge in [-0.2, -0.15) is 0 Å². The first kappa shape index (κ1) is 45.9. The molecule has 0 amide bonds. The molecular formula is C68H67BN2O2. The van der Waals surface area contributed by atoms with E-state index in [4.69, 9.17) is 9.15 Å². The molecule has 5 heteroatoms. The molecule has 0 N–H and O–H groups in total. The number of fused-ring (bicyclic) bond motifs is 10. The van der Waals surface area contributed by atoms with Gasteiger partial charge in [-0.25, -0.2) is 0 Å². The highest BCUT2D eigenvalue weighted by molar-refractivity contribution is 6.93. The van der Waals surface area contributed by atoms with Crippen molar-refractivity contribution in [2.45, 2.75) is 130 Å². The average Bonchev–Trinajstić information content (AvgIpc) is 3.72. The third-order valence-electron chi connectivity index (χ3n) is 17.6. The van der Waals surface area contributed by atoms with Crippen LogP contribution < -0.4 is 25.4 Å². The Hall–Kier alpha value is -6.98. The first-order chi connectivity index (χ1) is 34.6. The van der Waals surface area contributed by atoms with E-state index in [0.717, 1.165) is 63.3 Å². The zero-order valence-corrected chi connectivity index (χ0v) is 45.1. The van der Waals surface area contributed by atoms with Crippen LogP contribution in [-0.4, -0.2) is 6.85 Å². The summed E-state index contributed by atoms with van der Waals surface area (Å²) in [6.45, 7) is 30.7. The Bertz CT molecular complexity index is 3800. The van der Waals surface area contributed by atoms with Crippen molar-refractivity contribution in [2.24, 2.45) is 0 Å². The second-order valence-corrected chi connectivity index (χ2v) is 25.7. The van der Waals surface area contributed by atoms with Gasteiger partial charge in [-0.1, -0.05) is 174 Å². The van der Waals surface area contributed by atoms with Gasteiger partial charge in [0.15, 0.2) is 0 Å². The molecule has 3 aliphatic heterocycles. The predicted molar refractivity (Wildman–Crippen MR) is 309 cm³/mol. The Morgan fingerprint density at radius 1 is 0.479 bits per heavy atom. The largest absolute Gasteiger partial charge is 0.457 e. The summed E-state index contributed by atoms with van der Waals surface area (Å²) < 4.78 is 14.0. The molecule has 0 saturated heterocycles. The van der Waals surface area contributed by atoms with Crippen LogP contribution in [0.25, 0.3) is 44.2 Å². The van der Waals surface area contributed by atoms with Gasteiger partial charge in [-0.05, 0) is 134 Å². The topological polar surface area (TPSA) is 28.9 Å². The molecule has 0 bridgehead atoms. The molecular weight excluding hydrogens is 888 g/mol. The number of furan rings is 1. The molecule has 73 heavy (non-hydrogen) atoms. The molecule has 1 aromatic heterocycles. The molecule has 0 radical (unpaired) electrons. The summed E-state index contributed by atoms with van der Waals surface area (Å²) in [7, 11) is 0. The molecule has 8 aromatic carbocycles. The summed E-state index contributed by atoms with van der Waals surface area (Å²) in [5.41, 5.74) is 23.8. The summed E-state index contributed by atoms with van der Waals surface area (Å²) in [6, 6.07) is 55.4. The average molecular weight is 955 g/mol. The van der Waals surface area contributed by atoms with Gasteiger partial charge in [-0.3, -0.25) is 0 Å². The van der Waals surface area contributed by atoms with Gasteiger partial charge in [0.25, 0.3) is 0 Å². The molecule has 0 fully saturated rings. The van der Waals surface area contributed by atoms with Gasteiger partial charge in [0.05, 0.1) is 0 Å². The van der Waals surface area contributed by atoms with Crippen LogP contribution in [0, 0.1) is 6.92 Å². The van der Waals surface area contributed by atoms with Crippen molar-refractivity contribution in [1.82, 2.24) is 0 Å². The lowest BCUT2D eigenvalue weighted by molar-refractivity contribution is 0.332. The summed E-state index contributed by atoms with van der Waals surface area (Å²) in [4.78, 5) is 5.35.